The smallest absolute Gasteiger partial charge is 0.384 e. The monoisotopic (exact) mass is 342 g/mol. The molecule has 2 aliphatic rings. The number of fused-ring (bicyclic) bond motifs is 1. The molecule has 1 fully saturated rings. The molecule has 24 heavy (non-hydrogen) atoms. The number of ether oxygens (including phenoxy) is 1. The quantitative estimate of drug-likeness (QED) is 0.827. The van der Waals surface area contributed by atoms with Crippen LogP contribution in [0.3, 0.4) is 0 Å². The zero-order valence-corrected chi connectivity index (χ0v) is 13.6. The fourth-order valence-corrected chi connectivity index (χ4v) is 3.47. The number of carbonyl (C=O) groups is 1. The van der Waals surface area contributed by atoms with Gasteiger partial charge in [0, 0.05) is 39.2 Å². The van der Waals surface area contributed by atoms with Crippen molar-refractivity contribution in [1.82, 2.24) is 9.80 Å². The van der Waals surface area contributed by atoms with E-state index in [1.807, 2.05) is 4.90 Å². The molecule has 1 saturated heterocycles. The van der Waals surface area contributed by atoms with Gasteiger partial charge in [0.2, 0.25) is 0 Å². The van der Waals surface area contributed by atoms with E-state index in [0.29, 0.717) is 50.7 Å². The summed E-state index contributed by atoms with van der Waals surface area (Å²) in [6.07, 6.45) is -2.94. The Labute approximate surface area is 139 Å². The van der Waals surface area contributed by atoms with Crippen LogP contribution in [0.15, 0.2) is 18.2 Å². The van der Waals surface area contributed by atoms with Gasteiger partial charge in [0.05, 0.1) is 12.2 Å². The largest absolute Gasteiger partial charge is 0.416 e. The first kappa shape index (κ1) is 17.1. The van der Waals surface area contributed by atoms with Crippen molar-refractivity contribution in [2.24, 2.45) is 5.92 Å². The van der Waals surface area contributed by atoms with Crippen LogP contribution in [0.25, 0.3) is 0 Å². The molecule has 2 amide bonds. The van der Waals surface area contributed by atoms with E-state index in [2.05, 4.69) is 0 Å². The average molecular weight is 342 g/mol. The Kier molecular flexibility index (Phi) is 4.71. The van der Waals surface area contributed by atoms with Crippen molar-refractivity contribution in [1.29, 1.82) is 0 Å². The molecule has 0 saturated carbocycles. The lowest BCUT2D eigenvalue weighted by molar-refractivity contribution is -0.137. The number of rotatable bonds is 2. The Morgan fingerprint density at radius 2 is 2.04 bits per heavy atom. The van der Waals surface area contributed by atoms with Crippen molar-refractivity contribution in [2.75, 3.05) is 33.4 Å². The van der Waals surface area contributed by atoms with E-state index in [1.165, 1.54) is 12.1 Å². The molecule has 2 aliphatic heterocycles. The van der Waals surface area contributed by atoms with E-state index < -0.39 is 11.7 Å². The maximum atomic E-state index is 12.8. The molecule has 0 aromatic heterocycles. The molecule has 1 aromatic carbocycles. The van der Waals surface area contributed by atoms with Crippen LogP contribution in [0, 0.1) is 5.92 Å². The first-order chi connectivity index (χ1) is 11.4. The summed E-state index contributed by atoms with van der Waals surface area (Å²) < 4.78 is 43.5. The SMILES string of the molecule is COCC1CCN(C(=O)N2CCc3cc(C(F)(F)F)ccc3C2)C1. The molecule has 1 unspecified atom stereocenters. The highest BCUT2D eigenvalue weighted by Gasteiger charge is 2.33. The number of alkyl halides is 3. The van der Waals surface area contributed by atoms with Crippen molar-refractivity contribution >= 4 is 6.03 Å². The first-order valence-corrected chi connectivity index (χ1v) is 8.10. The summed E-state index contributed by atoms with van der Waals surface area (Å²) in [7, 11) is 1.65. The van der Waals surface area contributed by atoms with E-state index in [0.717, 1.165) is 18.1 Å². The molecule has 132 valence electrons. The van der Waals surface area contributed by atoms with Gasteiger partial charge < -0.3 is 14.5 Å². The number of amides is 2. The van der Waals surface area contributed by atoms with Crippen LogP contribution >= 0.6 is 0 Å². The third-order valence-electron chi connectivity index (χ3n) is 4.78. The number of nitrogens with zero attached hydrogens (tertiary/aromatic N) is 2. The van der Waals surface area contributed by atoms with E-state index >= 15 is 0 Å². The summed E-state index contributed by atoms with van der Waals surface area (Å²) in [5.74, 6) is 0.366. The minimum absolute atomic E-state index is 0.0286. The number of likely N-dealkylation sites (tertiary alicyclic amines) is 1. The Balaban J connectivity index is 1.66. The Hall–Kier alpha value is -1.76. The third kappa shape index (κ3) is 3.50. The molecule has 0 bridgehead atoms. The summed E-state index contributed by atoms with van der Waals surface area (Å²) in [5, 5.41) is 0. The second-order valence-corrected chi connectivity index (χ2v) is 6.49. The zero-order valence-electron chi connectivity index (χ0n) is 13.6. The number of methoxy groups -OCH3 is 1. The average Bonchev–Trinajstić information content (AvgIpc) is 3.01. The second-order valence-electron chi connectivity index (χ2n) is 6.49. The predicted octanol–water partition coefficient (Wildman–Crippen LogP) is 3.15. The van der Waals surface area contributed by atoms with Gasteiger partial charge in [0.15, 0.2) is 0 Å². The Morgan fingerprint density at radius 1 is 1.25 bits per heavy atom. The topological polar surface area (TPSA) is 32.8 Å². The van der Waals surface area contributed by atoms with Crippen molar-refractivity contribution in [3.8, 4) is 0 Å². The highest BCUT2D eigenvalue weighted by atomic mass is 19.4. The maximum absolute atomic E-state index is 12.8. The molecule has 0 aliphatic carbocycles. The number of urea groups is 1. The second kappa shape index (κ2) is 6.63. The minimum atomic E-state index is -4.33. The van der Waals surface area contributed by atoms with Crippen LogP contribution in [-0.4, -0.2) is 49.2 Å². The summed E-state index contributed by atoms with van der Waals surface area (Å²) >= 11 is 0. The van der Waals surface area contributed by atoms with Crippen LogP contribution in [0.5, 0.6) is 0 Å². The van der Waals surface area contributed by atoms with Gasteiger partial charge in [-0.25, -0.2) is 4.79 Å². The van der Waals surface area contributed by atoms with Gasteiger partial charge >= 0.3 is 12.2 Å². The van der Waals surface area contributed by atoms with Gasteiger partial charge in [-0.3, -0.25) is 0 Å². The van der Waals surface area contributed by atoms with Crippen LogP contribution in [-0.2, 0) is 23.9 Å². The van der Waals surface area contributed by atoms with E-state index in [1.54, 1.807) is 12.0 Å². The first-order valence-electron chi connectivity index (χ1n) is 8.10. The Bertz CT molecular complexity index is 618. The lowest BCUT2D eigenvalue weighted by Gasteiger charge is -2.32. The van der Waals surface area contributed by atoms with Crippen molar-refractivity contribution in [3.05, 3.63) is 34.9 Å². The fourth-order valence-electron chi connectivity index (χ4n) is 3.47. The number of benzene rings is 1. The van der Waals surface area contributed by atoms with Crippen LogP contribution in [0.4, 0.5) is 18.0 Å². The van der Waals surface area contributed by atoms with E-state index in [9.17, 15) is 18.0 Å². The molecule has 1 aromatic rings. The molecule has 7 heteroatoms. The summed E-state index contributed by atoms with van der Waals surface area (Å²) in [4.78, 5) is 16.2. The number of carbonyl (C=O) groups excluding carboxylic acids is 1. The highest BCUT2D eigenvalue weighted by molar-refractivity contribution is 5.75. The van der Waals surface area contributed by atoms with Crippen LogP contribution in [0.1, 0.15) is 23.1 Å². The lowest BCUT2D eigenvalue weighted by Crippen LogP contribution is -2.44. The van der Waals surface area contributed by atoms with Crippen molar-refractivity contribution in [3.63, 3.8) is 0 Å². The van der Waals surface area contributed by atoms with Crippen LogP contribution in [0.2, 0.25) is 0 Å². The van der Waals surface area contributed by atoms with Gasteiger partial charge in [0.1, 0.15) is 0 Å². The molecule has 1 atom stereocenters. The zero-order chi connectivity index (χ0) is 17.3. The normalized spacial score (nSPS) is 21.1. The molecule has 0 spiro atoms. The highest BCUT2D eigenvalue weighted by Crippen LogP contribution is 2.32. The summed E-state index contributed by atoms with van der Waals surface area (Å²) in [6, 6.07) is 3.77. The standard InChI is InChI=1S/C17H21F3N2O2/c1-24-11-12-4-6-21(9-12)16(23)22-7-5-13-8-15(17(18,19)20)3-2-14(13)10-22/h2-3,8,12H,4-7,9-11H2,1H3. The Morgan fingerprint density at radius 3 is 2.75 bits per heavy atom. The number of hydrogen-bond acceptors (Lipinski definition) is 2. The van der Waals surface area contributed by atoms with Gasteiger partial charge in [-0.2, -0.15) is 13.2 Å². The fraction of sp³-hybridized carbons (Fsp3) is 0.588. The van der Waals surface area contributed by atoms with Gasteiger partial charge in [0.25, 0.3) is 0 Å². The molecule has 0 radical (unpaired) electrons. The van der Waals surface area contributed by atoms with Crippen LogP contribution < -0.4 is 0 Å². The molecule has 2 heterocycles. The predicted molar refractivity (Wildman–Crippen MR) is 82.5 cm³/mol. The summed E-state index contributed by atoms with van der Waals surface area (Å²) in [5.41, 5.74) is 0.866. The van der Waals surface area contributed by atoms with Crippen molar-refractivity contribution < 1.29 is 22.7 Å². The number of hydrogen-bond donors (Lipinski definition) is 0. The van der Waals surface area contributed by atoms with Gasteiger partial charge in [-0.1, -0.05) is 6.07 Å². The third-order valence-corrected chi connectivity index (χ3v) is 4.78. The maximum Gasteiger partial charge on any atom is 0.416 e. The molecular formula is C17H21F3N2O2. The van der Waals surface area contributed by atoms with E-state index in [4.69, 9.17) is 4.74 Å². The molecule has 3 rings (SSSR count). The minimum Gasteiger partial charge on any atom is -0.384 e. The number of halogens is 3. The van der Waals surface area contributed by atoms with Gasteiger partial charge in [-0.15, -0.1) is 0 Å². The molecular weight excluding hydrogens is 321 g/mol. The molecule has 0 N–H and O–H groups in total. The van der Waals surface area contributed by atoms with Gasteiger partial charge in [-0.05, 0) is 36.1 Å². The lowest BCUT2D eigenvalue weighted by atomic mass is 9.97. The molecule has 4 nitrogen and oxygen atoms in total. The van der Waals surface area contributed by atoms with E-state index in [-0.39, 0.29) is 6.03 Å². The summed E-state index contributed by atoms with van der Waals surface area (Å²) in [6.45, 7) is 2.87. The van der Waals surface area contributed by atoms with Crippen molar-refractivity contribution in [2.45, 2.75) is 25.6 Å².